The fourth-order valence-corrected chi connectivity index (χ4v) is 5.79. The minimum absolute atomic E-state index is 0.0452. The van der Waals surface area contributed by atoms with Crippen LogP contribution in [0.1, 0.15) is 115 Å². The molecule has 0 bridgehead atoms. The number of sulfone groups is 1. The van der Waals surface area contributed by atoms with Gasteiger partial charge in [0.1, 0.15) is 32.3 Å². The molecule has 0 aromatic carbocycles. The molecule has 2 heterocycles. The van der Waals surface area contributed by atoms with Crippen LogP contribution < -0.4 is 0 Å². The third-order valence-corrected chi connectivity index (χ3v) is 10.0. The van der Waals surface area contributed by atoms with Crippen molar-refractivity contribution in [3.05, 3.63) is 48.9 Å². The van der Waals surface area contributed by atoms with Gasteiger partial charge in [0.2, 0.25) is 0 Å². The molecule has 2 aliphatic rings. The van der Waals surface area contributed by atoms with Gasteiger partial charge in [0.15, 0.2) is 9.84 Å². The van der Waals surface area contributed by atoms with Crippen LogP contribution in [-0.4, -0.2) is 125 Å². The molecule has 0 spiro atoms. The minimum Gasteiger partial charge on any atom is -0.464 e. The van der Waals surface area contributed by atoms with Gasteiger partial charge in [0, 0.05) is 54.9 Å². The molecular formula is C48H78N6O10S. The number of hydrogen-bond acceptors (Lipinski definition) is 16. The Bertz CT molecular complexity index is 1860. The van der Waals surface area contributed by atoms with Crippen LogP contribution in [0.25, 0.3) is 0 Å². The Morgan fingerprint density at radius 1 is 0.800 bits per heavy atom. The number of allylic oxidation sites excluding steroid dienone is 1. The first-order valence-electron chi connectivity index (χ1n) is 21.8. The molecule has 65 heavy (non-hydrogen) atoms. The Morgan fingerprint density at radius 3 is 1.91 bits per heavy atom. The van der Waals surface area contributed by atoms with Crippen LogP contribution in [0.2, 0.25) is 0 Å². The zero-order valence-electron chi connectivity index (χ0n) is 41.4. The van der Waals surface area contributed by atoms with Crippen molar-refractivity contribution in [3.8, 4) is 12.1 Å². The van der Waals surface area contributed by atoms with E-state index in [1.54, 1.807) is 47.6 Å². The molecule has 0 aromatic rings. The molecule has 0 N–H and O–H groups in total. The van der Waals surface area contributed by atoms with E-state index in [9.17, 15) is 27.6 Å². The van der Waals surface area contributed by atoms with E-state index in [4.69, 9.17) is 29.5 Å². The van der Waals surface area contributed by atoms with E-state index >= 15 is 0 Å². The summed E-state index contributed by atoms with van der Waals surface area (Å²) in [6, 6.07) is 4.09. The fourth-order valence-electron chi connectivity index (χ4n) is 5.17. The quantitative estimate of drug-likeness (QED) is 0.0498. The summed E-state index contributed by atoms with van der Waals surface area (Å²) in [5, 5.41) is 18.1. The smallest absolute Gasteiger partial charge is 0.333 e. The lowest BCUT2D eigenvalue weighted by molar-refractivity contribution is -0.145. The van der Waals surface area contributed by atoms with E-state index < -0.39 is 26.6 Å². The summed E-state index contributed by atoms with van der Waals surface area (Å²) >= 11 is 0. The van der Waals surface area contributed by atoms with Gasteiger partial charge in [-0.15, -0.1) is 0 Å². The van der Waals surface area contributed by atoms with Gasteiger partial charge in [-0.2, -0.15) is 10.5 Å². The van der Waals surface area contributed by atoms with Gasteiger partial charge in [-0.25, -0.2) is 18.0 Å². The molecule has 366 valence electrons. The normalized spacial score (nSPS) is 13.9. The van der Waals surface area contributed by atoms with Crippen LogP contribution in [0.3, 0.4) is 0 Å². The van der Waals surface area contributed by atoms with Crippen molar-refractivity contribution in [2.24, 2.45) is 31.6 Å². The molecule has 16 nitrogen and oxygen atoms in total. The maximum Gasteiger partial charge on any atom is 0.333 e. The summed E-state index contributed by atoms with van der Waals surface area (Å²) in [6.07, 6.45) is 7.29. The molecule has 0 amide bonds. The lowest BCUT2D eigenvalue weighted by Crippen LogP contribution is -2.40. The van der Waals surface area contributed by atoms with Crippen molar-refractivity contribution in [1.82, 2.24) is 9.80 Å². The van der Waals surface area contributed by atoms with E-state index in [0.29, 0.717) is 31.8 Å². The number of carbonyl (C=O) groups excluding carboxylic acids is 4. The first-order valence-corrected chi connectivity index (χ1v) is 23.5. The second-order valence-electron chi connectivity index (χ2n) is 18.8. The predicted molar refractivity (Wildman–Crippen MR) is 256 cm³/mol. The van der Waals surface area contributed by atoms with Crippen LogP contribution in [0, 0.1) is 44.3 Å². The molecule has 0 saturated heterocycles. The number of amidine groups is 2. The molecule has 2 rings (SSSR count). The molecule has 17 heteroatoms. The van der Waals surface area contributed by atoms with Crippen molar-refractivity contribution in [2.75, 3.05) is 71.4 Å². The van der Waals surface area contributed by atoms with Crippen molar-refractivity contribution >= 4 is 45.4 Å². The second kappa shape index (κ2) is 30.8. The number of ether oxygens (including phenoxy) is 4. The molecule has 0 radical (unpaired) electrons. The van der Waals surface area contributed by atoms with Crippen molar-refractivity contribution in [1.29, 1.82) is 10.5 Å². The van der Waals surface area contributed by atoms with E-state index in [1.165, 1.54) is 12.2 Å². The molecule has 2 aliphatic heterocycles. The molecule has 0 saturated carbocycles. The number of hydrogen-bond donors (Lipinski definition) is 0. The van der Waals surface area contributed by atoms with Gasteiger partial charge in [-0.05, 0) is 59.8 Å². The van der Waals surface area contributed by atoms with Crippen LogP contribution in [-0.2, 0) is 48.0 Å². The van der Waals surface area contributed by atoms with Gasteiger partial charge in [-0.1, -0.05) is 73.4 Å². The number of nitrogens with zero attached hydrogens (tertiary/aromatic N) is 6. The highest BCUT2D eigenvalue weighted by atomic mass is 32.2. The summed E-state index contributed by atoms with van der Waals surface area (Å²) in [5.74, 6) is 0.441. The van der Waals surface area contributed by atoms with Gasteiger partial charge in [-0.3, -0.25) is 19.6 Å². The molecule has 0 unspecified atom stereocenters. The van der Waals surface area contributed by atoms with Crippen molar-refractivity contribution in [3.63, 3.8) is 0 Å². The Morgan fingerprint density at radius 2 is 1.38 bits per heavy atom. The zero-order chi connectivity index (χ0) is 50.5. The topological polar surface area (TPSA) is 218 Å². The van der Waals surface area contributed by atoms with Gasteiger partial charge in [0.05, 0.1) is 60.6 Å². The Balaban J connectivity index is 0. The highest BCUT2D eigenvalue weighted by Gasteiger charge is 2.28. The van der Waals surface area contributed by atoms with Crippen molar-refractivity contribution in [2.45, 2.75) is 115 Å². The maximum absolute atomic E-state index is 11.2. The van der Waals surface area contributed by atoms with Crippen molar-refractivity contribution < 1.29 is 46.5 Å². The zero-order valence-corrected chi connectivity index (χ0v) is 42.2. The molecule has 0 fully saturated rings. The highest BCUT2D eigenvalue weighted by Crippen LogP contribution is 2.24. The number of aliphatic imine (C=N–C) groups is 2. The standard InChI is InChI=1S/C15H26N2O2.C13H22N2O2.C10H15NO4S.C10H15NO2/c1-5-7-14(18)19-11-10-17-9-6-8-16-13(17)12-15(2,3)4;1-10(2)11(16)17-9-8-15-7-6-14-12(15)13(3,4)5;1-4-16(13,14)6-5-9(12)15-8-10(2,3)7-11;1-4-7-13-9(12)5-6-10(2,3)8-11/h5,7H,6,8-12H2,1-4H3;1,6-9H2,2-5H3;4H,1,5-6,8H2,2-3H3;4H,1,5-7H2,2-3H3/b7-5+;;;. The largest absolute Gasteiger partial charge is 0.464 e. The fraction of sp³-hybridized carbons (Fsp3) is 0.667. The van der Waals surface area contributed by atoms with Gasteiger partial charge >= 0.3 is 23.9 Å². The Kier molecular flexibility index (Phi) is 29.3. The Hall–Kier alpha value is -5.29. The van der Waals surface area contributed by atoms with E-state index in [1.807, 2.05) is 6.07 Å². The lowest BCUT2D eigenvalue weighted by atomic mass is 9.90. The monoisotopic (exact) mass is 931 g/mol. The first-order chi connectivity index (χ1) is 30.0. The van der Waals surface area contributed by atoms with E-state index in [2.05, 4.69) is 87.1 Å². The average Bonchev–Trinajstić information content (AvgIpc) is 3.71. The number of esters is 4. The van der Waals surface area contributed by atoms with E-state index in [0.717, 1.165) is 62.6 Å². The summed E-state index contributed by atoms with van der Waals surface area (Å²) in [7, 11) is -3.38. The number of rotatable bonds is 20. The molecule has 0 aromatic heterocycles. The molecular weight excluding hydrogens is 853 g/mol. The van der Waals surface area contributed by atoms with Crippen LogP contribution in [0.5, 0.6) is 0 Å². The third-order valence-electron chi connectivity index (χ3n) is 8.75. The predicted octanol–water partition coefficient (Wildman–Crippen LogP) is 7.59. The summed E-state index contributed by atoms with van der Waals surface area (Å²) in [5.41, 5.74) is -0.485. The second-order valence-corrected chi connectivity index (χ2v) is 20.9. The average molecular weight is 931 g/mol. The summed E-state index contributed by atoms with van der Waals surface area (Å²) in [4.78, 5) is 58.1. The van der Waals surface area contributed by atoms with Crippen LogP contribution >= 0.6 is 0 Å². The lowest BCUT2D eigenvalue weighted by Gasteiger charge is -2.32. The third kappa shape index (κ3) is 32.1. The first kappa shape index (κ1) is 61.8. The summed E-state index contributed by atoms with van der Waals surface area (Å²) < 4.78 is 41.7. The molecule has 0 atom stereocenters. The van der Waals surface area contributed by atoms with Crippen LogP contribution in [0.15, 0.2) is 58.9 Å². The maximum atomic E-state index is 11.2. The number of carbonyl (C=O) groups is 4. The highest BCUT2D eigenvalue weighted by molar-refractivity contribution is 7.94. The van der Waals surface area contributed by atoms with Crippen LogP contribution in [0.4, 0.5) is 0 Å². The number of nitriles is 2. The van der Waals surface area contributed by atoms with Gasteiger partial charge < -0.3 is 28.7 Å². The van der Waals surface area contributed by atoms with Gasteiger partial charge in [0.25, 0.3) is 0 Å². The Labute approximate surface area is 390 Å². The SMILES string of the molecule is C/C=C/C(=O)OCCN1CCCN=C1CC(C)(C)C.C=C(C)C(=O)OCCN1CCN=C1C(C)(C)C.C=CCOC(=O)CCC(C)(C)C#N.C=CS(=O)(=O)CCC(=O)OCC(C)(C)C#N. The van der Waals surface area contributed by atoms with E-state index in [-0.39, 0.29) is 60.5 Å². The molecule has 0 aliphatic carbocycles. The minimum atomic E-state index is -3.38. The summed E-state index contributed by atoms with van der Waals surface area (Å²) in [6.45, 7) is 39.6.